The van der Waals surface area contributed by atoms with Crippen LogP contribution in [0, 0.1) is 0 Å². The van der Waals surface area contributed by atoms with Crippen LogP contribution in [0.4, 0.5) is 11.9 Å². The molecule has 0 saturated carbocycles. The highest BCUT2D eigenvalue weighted by molar-refractivity contribution is 5.52. The molecule has 0 spiro atoms. The lowest BCUT2D eigenvalue weighted by atomic mass is 10.7. The first-order valence-electron chi connectivity index (χ1n) is 3.76. The van der Waals surface area contributed by atoms with Crippen molar-refractivity contribution in [1.82, 2.24) is 30.9 Å². The molecule has 1 aliphatic rings. The highest BCUT2D eigenvalue weighted by atomic mass is 16.8. The molecule has 10 heteroatoms. The maximum absolute atomic E-state index is 5.07. The first kappa shape index (κ1) is 7.87. The fourth-order valence-electron chi connectivity index (χ4n) is 1.07. The van der Waals surface area contributed by atoms with Gasteiger partial charge in [0.05, 0.1) is 0 Å². The molecule has 1 radical (unpaired) electrons. The Hall–Kier alpha value is -2.49. The molecule has 0 saturated heterocycles. The molecule has 2 aromatic heterocycles. The van der Waals surface area contributed by atoms with Gasteiger partial charge in [-0.25, -0.2) is 4.84 Å². The van der Waals surface area contributed by atoms with Gasteiger partial charge in [-0.05, 0) is 5.10 Å². The minimum atomic E-state index is -0.590. The Balaban J connectivity index is 2.11. The number of aromatic nitrogens is 4. The summed E-state index contributed by atoms with van der Waals surface area (Å²) in [5.74, 6) is 0.174. The van der Waals surface area contributed by atoms with Crippen molar-refractivity contribution in [2.45, 2.75) is 0 Å². The number of hydrogen-bond donors (Lipinski definition) is 1. The SMILES string of the molecule is [C]1=NN[N+](c2cnno2)(c2nnco2)O1. The van der Waals surface area contributed by atoms with Crippen LogP contribution in [0.5, 0.6) is 0 Å². The van der Waals surface area contributed by atoms with Gasteiger partial charge in [0.2, 0.25) is 6.39 Å². The maximum Gasteiger partial charge on any atom is 0.504 e. The summed E-state index contributed by atoms with van der Waals surface area (Å²) in [6.45, 7) is 0. The summed E-state index contributed by atoms with van der Waals surface area (Å²) < 4.78 is 9.24. The molecule has 1 atom stereocenters. The molecule has 0 fully saturated rings. The lowest BCUT2D eigenvalue weighted by Crippen LogP contribution is -2.49. The summed E-state index contributed by atoms with van der Waals surface area (Å²) >= 11 is 0. The van der Waals surface area contributed by atoms with Crippen molar-refractivity contribution in [1.29, 1.82) is 0 Å². The van der Waals surface area contributed by atoms with Crippen molar-refractivity contribution in [2.75, 3.05) is 0 Å². The van der Waals surface area contributed by atoms with E-state index in [0.29, 0.717) is 0 Å². The van der Waals surface area contributed by atoms with E-state index in [9.17, 15) is 0 Å². The van der Waals surface area contributed by atoms with Gasteiger partial charge in [0, 0.05) is 5.27 Å². The van der Waals surface area contributed by atoms with Crippen molar-refractivity contribution in [2.24, 2.45) is 5.10 Å². The molecular weight excluding hydrogens is 206 g/mol. The molecule has 3 rings (SSSR count). The molecule has 1 aliphatic heterocycles. The minimum absolute atomic E-state index is 0.0577. The van der Waals surface area contributed by atoms with Crippen molar-refractivity contribution in [3.63, 3.8) is 0 Å². The van der Waals surface area contributed by atoms with Crippen LogP contribution >= 0.6 is 0 Å². The zero-order valence-corrected chi connectivity index (χ0v) is 7.06. The number of nitrogens with zero attached hydrogens (tertiary/aromatic N) is 6. The largest absolute Gasteiger partial charge is 0.504 e. The molecule has 15 heavy (non-hydrogen) atoms. The number of quaternary nitrogens is 1. The standard InChI is InChI=1S/C5H3N7O3/c1-4(15-11-6-1)12(10-8-3-14-12)5-9-7-2-13-5/h1-2,10H/q+1. The quantitative estimate of drug-likeness (QED) is 0.650. The predicted molar refractivity (Wildman–Crippen MR) is 41.7 cm³/mol. The summed E-state index contributed by atoms with van der Waals surface area (Å²) in [7, 11) is 0. The van der Waals surface area contributed by atoms with Crippen LogP contribution in [-0.4, -0.2) is 27.0 Å². The van der Waals surface area contributed by atoms with Gasteiger partial charge in [-0.1, -0.05) is 10.6 Å². The number of hydrazone groups is 1. The van der Waals surface area contributed by atoms with Gasteiger partial charge in [0.15, 0.2) is 6.20 Å². The Kier molecular flexibility index (Phi) is 1.44. The Morgan fingerprint density at radius 2 is 2.40 bits per heavy atom. The van der Waals surface area contributed by atoms with Crippen LogP contribution in [0.3, 0.4) is 0 Å². The lowest BCUT2D eigenvalue weighted by molar-refractivity contribution is -0.0575. The van der Waals surface area contributed by atoms with Crippen molar-refractivity contribution in [3.05, 3.63) is 12.6 Å². The van der Waals surface area contributed by atoms with E-state index < -0.39 is 4.76 Å². The van der Waals surface area contributed by atoms with Gasteiger partial charge < -0.3 is 4.42 Å². The third kappa shape index (κ3) is 0.985. The molecule has 0 aliphatic carbocycles. The van der Waals surface area contributed by atoms with Crippen molar-refractivity contribution >= 4 is 18.3 Å². The summed E-state index contributed by atoms with van der Waals surface area (Å²) in [4.78, 5) is 5.07. The van der Waals surface area contributed by atoms with Gasteiger partial charge in [-0.15, -0.1) is 10.2 Å². The Bertz CT molecular complexity index is 419. The summed E-state index contributed by atoms with van der Waals surface area (Å²) in [6, 6.07) is 0.0577. The monoisotopic (exact) mass is 209 g/mol. The van der Waals surface area contributed by atoms with Gasteiger partial charge >= 0.3 is 18.3 Å². The summed E-state index contributed by atoms with van der Waals surface area (Å²) in [6.07, 6.45) is 4.69. The molecule has 0 aromatic carbocycles. The first-order valence-corrected chi connectivity index (χ1v) is 3.76. The smallest absolute Gasteiger partial charge is 0.377 e. The van der Waals surface area contributed by atoms with Gasteiger partial charge in [-0.3, -0.25) is 4.52 Å². The normalized spacial score (nSPS) is 23.7. The second kappa shape index (κ2) is 2.75. The van der Waals surface area contributed by atoms with Crippen LogP contribution in [0.1, 0.15) is 0 Å². The van der Waals surface area contributed by atoms with Gasteiger partial charge in [0.25, 0.3) is 0 Å². The lowest BCUT2D eigenvalue weighted by Gasteiger charge is -2.15. The Morgan fingerprint density at radius 1 is 1.40 bits per heavy atom. The molecule has 0 amide bonds. The molecule has 2 aromatic rings. The van der Waals surface area contributed by atoms with E-state index in [2.05, 4.69) is 37.6 Å². The van der Waals surface area contributed by atoms with E-state index >= 15 is 0 Å². The van der Waals surface area contributed by atoms with Crippen LogP contribution < -0.4 is 10.3 Å². The minimum Gasteiger partial charge on any atom is -0.377 e. The molecular formula is C5H3N7O3+. The highest BCUT2D eigenvalue weighted by Gasteiger charge is 2.51. The fourth-order valence-corrected chi connectivity index (χ4v) is 1.07. The molecule has 3 heterocycles. The molecule has 10 nitrogen and oxygen atoms in total. The average Bonchev–Trinajstić information content (AvgIpc) is 3.02. The first-order chi connectivity index (χ1) is 7.42. The van der Waals surface area contributed by atoms with Gasteiger partial charge in [-0.2, -0.15) is 0 Å². The summed E-state index contributed by atoms with van der Waals surface area (Å²) in [5, 5.41) is 17.6. The number of nitrogens with one attached hydrogen (secondary N) is 1. The molecule has 0 bridgehead atoms. The molecule has 75 valence electrons. The number of hydrogen-bond acceptors (Lipinski definition) is 9. The second-order valence-electron chi connectivity index (χ2n) is 2.48. The van der Waals surface area contributed by atoms with E-state index in [0.717, 1.165) is 6.39 Å². The zero-order valence-electron chi connectivity index (χ0n) is 7.06. The van der Waals surface area contributed by atoms with Gasteiger partial charge in [0.1, 0.15) is 4.76 Å². The van der Waals surface area contributed by atoms with Crippen LogP contribution in [-0.2, 0) is 4.84 Å². The van der Waals surface area contributed by atoms with Crippen LogP contribution in [0.2, 0.25) is 0 Å². The Morgan fingerprint density at radius 3 is 3.00 bits per heavy atom. The Labute approximate surface area is 81.6 Å². The van der Waals surface area contributed by atoms with Crippen LogP contribution in [0.15, 0.2) is 26.6 Å². The predicted octanol–water partition coefficient (Wildman–Crippen LogP) is -0.638. The van der Waals surface area contributed by atoms with E-state index in [1.165, 1.54) is 6.20 Å². The number of rotatable bonds is 2. The average molecular weight is 209 g/mol. The molecule has 1 N–H and O–H groups in total. The summed E-state index contributed by atoms with van der Waals surface area (Å²) in [5.41, 5.74) is 2.53. The van der Waals surface area contributed by atoms with Crippen molar-refractivity contribution in [3.8, 4) is 0 Å². The maximum atomic E-state index is 5.07. The van der Waals surface area contributed by atoms with Crippen LogP contribution in [0.25, 0.3) is 0 Å². The van der Waals surface area contributed by atoms with E-state index in [4.69, 9.17) is 13.8 Å². The van der Waals surface area contributed by atoms with E-state index in [-0.39, 0.29) is 11.9 Å². The zero-order chi connectivity index (χ0) is 10.1. The molecule has 1 unspecified atom stereocenters. The second-order valence-corrected chi connectivity index (χ2v) is 2.48. The van der Waals surface area contributed by atoms with Crippen molar-refractivity contribution < 1.29 is 13.8 Å². The van der Waals surface area contributed by atoms with E-state index in [1.807, 2.05) is 0 Å². The fraction of sp³-hybridized carbons (Fsp3) is 0. The van der Waals surface area contributed by atoms with E-state index in [1.54, 1.807) is 0 Å². The third-order valence-corrected chi connectivity index (χ3v) is 1.69. The highest BCUT2D eigenvalue weighted by Crippen LogP contribution is 2.31. The third-order valence-electron chi connectivity index (χ3n) is 1.69. The topological polar surface area (TPSA) is 111 Å².